The first-order valence-electron chi connectivity index (χ1n) is 10.4. The first-order valence-corrected chi connectivity index (χ1v) is 12.2. The van der Waals surface area contributed by atoms with Crippen molar-refractivity contribution in [2.24, 2.45) is 0 Å². The molecule has 12 heteroatoms. The largest absolute Gasteiger partial charge is 0.493 e. The zero-order chi connectivity index (χ0) is 25.3. The Morgan fingerprint density at radius 1 is 0.853 bits per heavy atom. The molecule has 1 aromatic rings. The van der Waals surface area contributed by atoms with Crippen molar-refractivity contribution >= 4 is 51.6 Å². The predicted molar refractivity (Wildman–Crippen MR) is 124 cm³/mol. The summed E-state index contributed by atoms with van der Waals surface area (Å²) in [5.74, 6) is -1.45. The number of rotatable bonds is 10. The van der Waals surface area contributed by atoms with E-state index in [0.717, 1.165) is 4.47 Å². The minimum absolute atomic E-state index is 0.260. The maximum absolute atomic E-state index is 11.8. The van der Waals surface area contributed by atoms with E-state index in [1.807, 2.05) is 24.3 Å². The summed E-state index contributed by atoms with van der Waals surface area (Å²) in [4.78, 5) is 46.8. The molecular formula is C22H27BrO10S. The Labute approximate surface area is 210 Å². The molecule has 0 bridgehead atoms. The number of hydrogen-bond donors (Lipinski definition) is 0. The highest BCUT2D eigenvalue weighted by molar-refractivity contribution is 9.10. The Bertz CT molecular complexity index is 862. The van der Waals surface area contributed by atoms with Crippen LogP contribution in [-0.4, -0.2) is 72.7 Å². The van der Waals surface area contributed by atoms with Gasteiger partial charge in [-0.1, -0.05) is 15.9 Å². The lowest BCUT2D eigenvalue weighted by Crippen LogP contribution is -2.61. The third kappa shape index (κ3) is 9.15. The molecule has 0 aliphatic carbocycles. The molecule has 0 saturated carbocycles. The van der Waals surface area contributed by atoms with Crippen LogP contribution in [0.4, 0.5) is 0 Å². The molecule has 5 atom stereocenters. The van der Waals surface area contributed by atoms with Crippen molar-refractivity contribution in [1.82, 2.24) is 0 Å². The molecule has 0 N–H and O–H groups in total. The van der Waals surface area contributed by atoms with E-state index in [-0.39, 0.29) is 6.61 Å². The minimum Gasteiger partial charge on any atom is -0.493 e. The van der Waals surface area contributed by atoms with Gasteiger partial charge < -0.3 is 28.4 Å². The van der Waals surface area contributed by atoms with Crippen molar-refractivity contribution in [3.63, 3.8) is 0 Å². The summed E-state index contributed by atoms with van der Waals surface area (Å²) in [6, 6.07) is 7.32. The van der Waals surface area contributed by atoms with E-state index in [9.17, 15) is 19.2 Å². The van der Waals surface area contributed by atoms with Gasteiger partial charge in [0.25, 0.3) is 0 Å². The van der Waals surface area contributed by atoms with Gasteiger partial charge in [0.1, 0.15) is 23.9 Å². The van der Waals surface area contributed by atoms with E-state index >= 15 is 0 Å². The maximum Gasteiger partial charge on any atom is 0.303 e. The molecule has 0 amide bonds. The first-order chi connectivity index (χ1) is 16.1. The Morgan fingerprint density at radius 3 is 1.97 bits per heavy atom. The smallest absolute Gasteiger partial charge is 0.303 e. The summed E-state index contributed by atoms with van der Waals surface area (Å²) < 4.78 is 33.9. The highest BCUT2D eigenvalue weighted by Gasteiger charge is 2.52. The molecule has 0 aromatic heterocycles. The van der Waals surface area contributed by atoms with E-state index in [1.54, 1.807) is 0 Å². The molecule has 2 rings (SSSR count). The van der Waals surface area contributed by atoms with Crippen molar-refractivity contribution < 1.29 is 47.6 Å². The Hall–Kier alpha value is -2.31. The molecule has 1 aliphatic heterocycles. The molecule has 0 unspecified atom stereocenters. The number of carbonyl (C=O) groups excluding carboxylic acids is 4. The van der Waals surface area contributed by atoms with Gasteiger partial charge in [0.05, 0.1) is 6.61 Å². The highest BCUT2D eigenvalue weighted by Crippen LogP contribution is 2.34. The summed E-state index contributed by atoms with van der Waals surface area (Å²) in [6.45, 7) is 4.83. The quantitative estimate of drug-likeness (QED) is 0.237. The van der Waals surface area contributed by atoms with Crippen LogP contribution in [0.25, 0.3) is 0 Å². The number of carbonyl (C=O) groups is 4. The van der Waals surface area contributed by atoms with E-state index in [4.69, 9.17) is 28.4 Å². The Kier molecular flexibility index (Phi) is 11.1. The van der Waals surface area contributed by atoms with Gasteiger partial charge in [-0.15, -0.1) is 11.8 Å². The molecule has 1 aromatic carbocycles. The van der Waals surface area contributed by atoms with Crippen molar-refractivity contribution in [2.75, 3.05) is 19.0 Å². The van der Waals surface area contributed by atoms with Crippen LogP contribution in [0.5, 0.6) is 5.75 Å². The Morgan fingerprint density at radius 2 is 1.41 bits per heavy atom. The lowest BCUT2D eigenvalue weighted by atomic mass is 9.99. The molecule has 1 fully saturated rings. The summed E-state index contributed by atoms with van der Waals surface area (Å²) in [7, 11) is 0. The maximum atomic E-state index is 11.8. The van der Waals surface area contributed by atoms with Crippen LogP contribution in [0.2, 0.25) is 0 Å². The van der Waals surface area contributed by atoms with Crippen molar-refractivity contribution in [3.8, 4) is 5.75 Å². The van der Waals surface area contributed by atoms with Crippen molar-refractivity contribution in [1.29, 1.82) is 0 Å². The average molecular weight is 563 g/mol. The van der Waals surface area contributed by atoms with E-state index in [1.165, 1.54) is 39.5 Å². The predicted octanol–water partition coefficient (Wildman–Crippen LogP) is 2.64. The molecule has 188 valence electrons. The van der Waals surface area contributed by atoms with Gasteiger partial charge >= 0.3 is 23.9 Å². The van der Waals surface area contributed by atoms with Gasteiger partial charge in [-0.05, 0) is 24.3 Å². The number of halogens is 1. The van der Waals surface area contributed by atoms with Crippen LogP contribution in [0.3, 0.4) is 0 Å². The molecule has 1 saturated heterocycles. The van der Waals surface area contributed by atoms with Gasteiger partial charge in [-0.2, -0.15) is 0 Å². The lowest BCUT2D eigenvalue weighted by Gasteiger charge is -2.44. The fourth-order valence-electron chi connectivity index (χ4n) is 3.18. The number of thioether (sulfide) groups is 1. The monoisotopic (exact) mass is 562 g/mol. The second-order valence-corrected chi connectivity index (χ2v) is 9.36. The van der Waals surface area contributed by atoms with Gasteiger partial charge in [0.2, 0.25) is 0 Å². The third-order valence-corrected chi connectivity index (χ3v) is 6.03. The second kappa shape index (κ2) is 13.5. The number of esters is 4. The Balaban J connectivity index is 2.20. The third-order valence-electron chi connectivity index (χ3n) is 4.40. The summed E-state index contributed by atoms with van der Waals surface area (Å²) >= 11 is 4.61. The highest BCUT2D eigenvalue weighted by atomic mass is 79.9. The van der Waals surface area contributed by atoms with Gasteiger partial charge in [0.15, 0.2) is 18.3 Å². The topological polar surface area (TPSA) is 124 Å². The van der Waals surface area contributed by atoms with E-state index in [0.29, 0.717) is 18.1 Å². The molecule has 1 heterocycles. The molecule has 0 spiro atoms. The van der Waals surface area contributed by atoms with Crippen LogP contribution in [0, 0.1) is 0 Å². The van der Waals surface area contributed by atoms with Crippen molar-refractivity contribution in [2.45, 2.75) is 57.5 Å². The summed E-state index contributed by atoms with van der Waals surface area (Å²) in [6.07, 6.45) is -4.39. The van der Waals surface area contributed by atoms with Crippen LogP contribution in [-0.2, 0) is 42.9 Å². The lowest BCUT2D eigenvalue weighted by molar-refractivity contribution is -0.237. The number of benzene rings is 1. The van der Waals surface area contributed by atoms with Crippen LogP contribution in [0.1, 0.15) is 27.7 Å². The number of hydrogen-bond acceptors (Lipinski definition) is 11. The fraction of sp³-hybridized carbons (Fsp3) is 0.545. The van der Waals surface area contributed by atoms with Crippen LogP contribution in [0.15, 0.2) is 28.7 Å². The molecular weight excluding hydrogens is 536 g/mol. The normalized spacial score (nSPS) is 24.0. The van der Waals surface area contributed by atoms with Crippen LogP contribution < -0.4 is 4.74 Å². The fourth-order valence-corrected chi connectivity index (χ4v) is 4.48. The first kappa shape index (κ1) is 27.9. The molecule has 0 radical (unpaired) electrons. The average Bonchev–Trinajstić information content (AvgIpc) is 2.74. The van der Waals surface area contributed by atoms with Gasteiger partial charge in [-0.25, -0.2) is 0 Å². The molecule has 10 nitrogen and oxygen atoms in total. The molecule has 1 aliphatic rings. The van der Waals surface area contributed by atoms with Crippen LogP contribution >= 0.6 is 27.7 Å². The van der Waals surface area contributed by atoms with Gasteiger partial charge in [-0.3, -0.25) is 19.2 Å². The van der Waals surface area contributed by atoms with Crippen molar-refractivity contribution in [3.05, 3.63) is 28.7 Å². The molecule has 34 heavy (non-hydrogen) atoms. The minimum atomic E-state index is -1.18. The SMILES string of the molecule is CC(=O)OC[C@@H]1O[C@H](SCCOc2ccc(Br)cc2)[C@H](OC(C)=O)[C@@H](OC(C)=O)[C@@H]1OC(C)=O. The van der Waals surface area contributed by atoms with Gasteiger partial charge in [0, 0.05) is 37.9 Å². The van der Waals surface area contributed by atoms with E-state index in [2.05, 4.69) is 15.9 Å². The zero-order valence-corrected chi connectivity index (χ0v) is 21.6. The van der Waals surface area contributed by atoms with E-state index < -0.39 is 53.7 Å². The standard InChI is InChI=1S/C22H27BrO10S/c1-12(24)29-11-18-19(30-13(2)25)20(31-14(3)26)21(32-15(4)27)22(33-18)34-10-9-28-17-7-5-16(23)6-8-17/h5-8,18-22H,9-11H2,1-4H3/t18-,19+,20-,21+,22+/m0/s1. The zero-order valence-electron chi connectivity index (χ0n) is 19.2. The second-order valence-electron chi connectivity index (χ2n) is 7.24. The number of ether oxygens (including phenoxy) is 6. The summed E-state index contributed by atoms with van der Waals surface area (Å²) in [5, 5.41) is 0. The summed E-state index contributed by atoms with van der Waals surface area (Å²) in [5.41, 5.74) is -0.825.